The summed E-state index contributed by atoms with van der Waals surface area (Å²) < 4.78 is 11.2. The second-order valence-electron chi connectivity index (χ2n) is 9.47. The molecule has 4 rings (SSSR count). The van der Waals surface area contributed by atoms with Gasteiger partial charge in [-0.05, 0) is 80.6 Å². The van der Waals surface area contributed by atoms with E-state index in [-0.39, 0.29) is 17.9 Å². The molecule has 0 spiro atoms. The Hall–Kier alpha value is -2.28. The number of aryl methyl sites for hydroxylation is 2. The Morgan fingerprint density at radius 3 is 2.69 bits per heavy atom. The molecule has 0 aromatic heterocycles. The maximum atomic E-state index is 13.4. The minimum atomic E-state index is 0.101. The maximum absolute atomic E-state index is 13.4. The first kappa shape index (κ1) is 22.9. The second-order valence-corrected chi connectivity index (χ2v) is 9.47. The van der Waals surface area contributed by atoms with Crippen molar-refractivity contribution in [2.24, 2.45) is 11.8 Å². The zero-order valence-electron chi connectivity index (χ0n) is 19.5. The van der Waals surface area contributed by atoms with Crippen molar-refractivity contribution in [2.75, 3.05) is 40.4 Å². The predicted octanol–water partition coefficient (Wildman–Crippen LogP) is 2.31. The predicted molar refractivity (Wildman–Crippen MR) is 123 cm³/mol. The van der Waals surface area contributed by atoms with Crippen molar-refractivity contribution in [1.29, 1.82) is 0 Å². The summed E-state index contributed by atoms with van der Waals surface area (Å²) in [5.41, 5.74) is 2.16. The first-order valence-corrected chi connectivity index (χ1v) is 12.1. The third kappa shape index (κ3) is 5.20. The molecule has 0 radical (unpaired) electrons. The average molecular weight is 444 g/mol. The van der Waals surface area contributed by atoms with E-state index in [9.17, 15) is 9.59 Å². The molecule has 2 saturated heterocycles. The Balaban J connectivity index is 1.58. The minimum absolute atomic E-state index is 0.101. The molecular weight excluding hydrogens is 406 g/mol. The van der Waals surface area contributed by atoms with Crippen molar-refractivity contribution < 1.29 is 19.1 Å². The van der Waals surface area contributed by atoms with E-state index in [0.29, 0.717) is 43.4 Å². The van der Waals surface area contributed by atoms with E-state index in [0.717, 1.165) is 62.2 Å². The van der Waals surface area contributed by atoms with Gasteiger partial charge in [-0.25, -0.2) is 0 Å². The van der Waals surface area contributed by atoms with Crippen LogP contribution >= 0.6 is 0 Å². The fraction of sp³-hybridized carbons (Fsp3) is 0.680. The highest BCUT2D eigenvalue weighted by molar-refractivity contribution is 5.77. The number of fused-ring (bicyclic) bond motifs is 6. The summed E-state index contributed by atoms with van der Waals surface area (Å²) in [5.74, 6) is 2.81. The summed E-state index contributed by atoms with van der Waals surface area (Å²) in [4.78, 5) is 27.9. The van der Waals surface area contributed by atoms with Crippen molar-refractivity contribution in [3.8, 4) is 11.5 Å². The normalized spacial score (nSPS) is 27.3. The quantitative estimate of drug-likeness (QED) is 0.733. The van der Waals surface area contributed by atoms with Gasteiger partial charge in [0, 0.05) is 32.0 Å². The molecular formula is C25H37N3O4. The van der Waals surface area contributed by atoms with Crippen LogP contribution in [0.25, 0.3) is 0 Å². The lowest BCUT2D eigenvalue weighted by molar-refractivity contribution is -0.139. The Labute approximate surface area is 191 Å². The number of piperidine rings is 2. The monoisotopic (exact) mass is 443 g/mol. The van der Waals surface area contributed by atoms with E-state index in [1.807, 2.05) is 6.07 Å². The van der Waals surface area contributed by atoms with Gasteiger partial charge >= 0.3 is 0 Å². The van der Waals surface area contributed by atoms with Crippen molar-refractivity contribution in [1.82, 2.24) is 15.5 Å². The lowest BCUT2D eigenvalue weighted by Gasteiger charge is -2.48. The Bertz CT molecular complexity index is 828. The highest BCUT2D eigenvalue weighted by Gasteiger charge is 2.39. The molecule has 3 atom stereocenters. The molecule has 1 aromatic rings. The smallest absolute Gasteiger partial charge is 0.223 e. The summed E-state index contributed by atoms with van der Waals surface area (Å²) in [6.07, 6.45) is 6.25. The molecule has 3 aliphatic heterocycles. The van der Waals surface area contributed by atoms with Crippen LogP contribution in [0.5, 0.6) is 11.5 Å². The van der Waals surface area contributed by atoms with Crippen LogP contribution in [0.15, 0.2) is 12.1 Å². The fourth-order valence-electron chi connectivity index (χ4n) is 5.74. The van der Waals surface area contributed by atoms with Gasteiger partial charge in [0.25, 0.3) is 0 Å². The number of carbonyl (C=O) groups is 2. The van der Waals surface area contributed by atoms with Crippen LogP contribution in [0.2, 0.25) is 0 Å². The molecule has 0 unspecified atom stereocenters. The van der Waals surface area contributed by atoms with E-state index < -0.39 is 0 Å². The number of methoxy groups -OCH3 is 2. The molecule has 2 N–H and O–H groups in total. The average Bonchev–Trinajstić information content (AvgIpc) is 2.80. The summed E-state index contributed by atoms with van der Waals surface area (Å²) in [6, 6.07) is 4.36. The van der Waals surface area contributed by atoms with Crippen LogP contribution in [-0.4, -0.2) is 63.2 Å². The highest BCUT2D eigenvalue weighted by atomic mass is 16.5. The van der Waals surface area contributed by atoms with Crippen molar-refractivity contribution in [3.05, 3.63) is 23.3 Å². The number of hydrogen-bond acceptors (Lipinski definition) is 5. The van der Waals surface area contributed by atoms with Gasteiger partial charge in [0.05, 0.1) is 14.2 Å². The summed E-state index contributed by atoms with van der Waals surface area (Å²) in [5, 5.41) is 6.61. The molecule has 0 aliphatic carbocycles. The molecule has 4 bridgehead atoms. The van der Waals surface area contributed by atoms with Gasteiger partial charge in [0.15, 0.2) is 11.5 Å². The third-order valence-electron chi connectivity index (χ3n) is 7.29. The number of hydrogen-bond donors (Lipinski definition) is 2. The number of amides is 2. The first-order chi connectivity index (χ1) is 15.6. The Morgan fingerprint density at radius 1 is 1.00 bits per heavy atom. The molecule has 1 aromatic carbocycles. The van der Waals surface area contributed by atoms with Crippen molar-refractivity contribution >= 4 is 11.8 Å². The molecule has 7 nitrogen and oxygen atoms in total. The molecule has 3 heterocycles. The van der Waals surface area contributed by atoms with Crippen LogP contribution < -0.4 is 20.1 Å². The number of rotatable bonds is 2. The van der Waals surface area contributed by atoms with Crippen LogP contribution in [0, 0.1) is 11.8 Å². The minimum Gasteiger partial charge on any atom is -0.493 e. The summed E-state index contributed by atoms with van der Waals surface area (Å²) >= 11 is 0. The van der Waals surface area contributed by atoms with Gasteiger partial charge in [-0.15, -0.1) is 0 Å². The lowest BCUT2D eigenvalue weighted by atomic mass is 9.78. The van der Waals surface area contributed by atoms with Gasteiger partial charge in [0.2, 0.25) is 11.8 Å². The molecule has 2 amide bonds. The molecule has 0 saturated carbocycles. The number of nitrogens with zero attached hydrogens (tertiary/aromatic N) is 1. The van der Waals surface area contributed by atoms with Crippen LogP contribution in [-0.2, 0) is 22.4 Å². The molecule has 176 valence electrons. The van der Waals surface area contributed by atoms with Crippen LogP contribution in [0.4, 0.5) is 0 Å². The van der Waals surface area contributed by atoms with Gasteiger partial charge in [-0.2, -0.15) is 0 Å². The van der Waals surface area contributed by atoms with Crippen LogP contribution in [0.1, 0.15) is 49.7 Å². The van der Waals surface area contributed by atoms with E-state index >= 15 is 0 Å². The summed E-state index contributed by atoms with van der Waals surface area (Å²) in [7, 11) is 3.30. The number of benzene rings is 1. The third-order valence-corrected chi connectivity index (χ3v) is 7.29. The van der Waals surface area contributed by atoms with Crippen LogP contribution in [0.3, 0.4) is 0 Å². The number of ether oxygens (including phenoxy) is 2. The molecule has 32 heavy (non-hydrogen) atoms. The lowest BCUT2D eigenvalue weighted by Crippen LogP contribution is -2.58. The van der Waals surface area contributed by atoms with Gasteiger partial charge in [-0.3, -0.25) is 9.59 Å². The summed E-state index contributed by atoms with van der Waals surface area (Å²) in [6.45, 7) is 3.44. The molecule has 7 heteroatoms. The standard InChI is InChI=1S/C25H37N3O4/c1-31-22-13-17-8-9-24(30)28-16-18-12-20(15-26-14-18)21(28)6-3-7-23(29)27-10-4-5-19(11-17)25(22)32-2/h11,13,18,20-21,26H,3-10,12,14-16H2,1-2H3,(H,27,29)/t18-,20+,21-/m0/s1. The SMILES string of the molecule is COc1cc2cc(c1OC)CCCNC(=O)CCC[C@H]1[C@H]3CNC[C@H](C3)CN1C(=O)CC2. The zero-order valence-corrected chi connectivity index (χ0v) is 19.5. The van der Waals surface area contributed by atoms with E-state index in [2.05, 4.69) is 21.6 Å². The van der Waals surface area contributed by atoms with E-state index in [4.69, 9.17) is 9.47 Å². The highest BCUT2D eigenvalue weighted by Crippen LogP contribution is 2.35. The molecule has 2 fully saturated rings. The maximum Gasteiger partial charge on any atom is 0.223 e. The van der Waals surface area contributed by atoms with Gasteiger partial charge < -0.3 is 25.0 Å². The first-order valence-electron chi connectivity index (χ1n) is 12.1. The second kappa shape index (κ2) is 10.6. The Kier molecular flexibility index (Phi) is 7.55. The molecule has 3 aliphatic rings. The number of carbonyl (C=O) groups excluding carboxylic acids is 2. The largest absolute Gasteiger partial charge is 0.493 e. The Morgan fingerprint density at radius 2 is 1.88 bits per heavy atom. The van der Waals surface area contributed by atoms with E-state index in [1.54, 1.807) is 14.2 Å². The van der Waals surface area contributed by atoms with Gasteiger partial charge in [-0.1, -0.05) is 6.07 Å². The fourth-order valence-corrected chi connectivity index (χ4v) is 5.74. The van der Waals surface area contributed by atoms with Crippen molar-refractivity contribution in [3.63, 3.8) is 0 Å². The number of nitrogens with one attached hydrogen (secondary N) is 2. The topological polar surface area (TPSA) is 79.9 Å². The van der Waals surface area contributed by atoms with E-state index in [1.165, 1.54) is 6.42 Å². The zero-order chi connectivity index (χ0) is 22.5. The van der Waals surface area contributed by atoms with Crippen molar-refractivity contribution in [2.45, 2.75) is 57.4 Å². The van der Waals surface area contributed by atoms with Gasteiger partial charge in [0.1, 0.15) is 0 Å².